The highest BCUT2D eigenvalue weighted by molar-refractivity contribution is 9.10. The Labute approximate surface area is 132 Å². The third-order valence-electron chi connectivity index (χ3n) is 3.98. The zero-order valence-electron chi connectivity index (χ0n) is 11.3. The summed E-state index contributed by atoms with van der Waals surface area (Å²) < 4.78 is 11.9. The van der Waals surface area contributed by atoms with Crippen LogP contribution in [0.15, 0.2) is 21.2 Å². The van der Waals surface area contributed by atoms with Crippen LogP contribution in [0.2, 0.25) is 0 Å². The fourth-order valence-corrected chi connectivity index (χ4v) is 3.15. The van der Waals surface area contributed by atoms with E-state index in [9.17, 15) is 4.79 Å². The van der Waals surface area contributed by atoms with Gasteiger partial charge in [0, 0.05) is 32.5 Å². The van der Waals surface area contributed by atoms with Gasteiger partial charge < -0.3 is 19.0 Å². The Morgan fingerprint density at radius 1 is 1.30 bits per heavy atom. The van der Waals surface area contributed by atoms with Crippen molar-refractivity contribution in [3.63, 3.8) is 0 Å². The lowest BCUT2D eigenvalue weighted by Gasteiger charge is -2.42. The van der Waals surface area contributed by atoms with Gasteiger partial charge in [-0.25, -0.2) is 0 Å². The van der Waals surface area contributed by atoms with E-state index in [1.165, 1.54) is 0 Å². The van der Waals surface area contributed by atoms with Gasteiger partial charge in [0.2, 0.25) is 0 Å². The molecule has 1 aromatic rings. The van der Waals surface area contributed by atoms with Gasteiger partial charge in [0.15, 0.2) is 10.4 Å². The molecule has 0 unspecified atom stereocenters. The molecule has 3 rings (SSSR count). The normalized spacial score (nSPS) is 22.0. The molecule has 0 N–H and O–H groups in total. The molecular formula is C13H18BrClN2O3. The van der Waals surface area contributed by atoms with Gasteiger partial charge in [0.1, 0.15) is 5.72 Å². The Hall–Kier alpha value is -0.560. The van der Waals surface area contributed by atoms with Crippen LogP contribution in [0.3, 0.4) is 0 Å². The van der Waals surface area contributed by atoms with Crippen molar-refractivity contribution in [1.29, 1.82) is 0 Å². The molecule has 112 valence electrons. The van der Waals surface area contributed by atoms with E-state index < -0.39 is 5.72 Å². The summed E-state index contributed by atoms with van der Waals surface area (Å²) in [5, 5.41) is 0. The summed E-state index contributed by atoms with van der Waals surface area (Å²) in [4.78, 5) is 16.6. The van der Waals surface area contributed by atoms with Crippen LogP contribution in [-0.4, -0.2) is 54.7 Å². The first-order valence-electron chi connectivity index (χ1n) is 6.51. The second-order valence-corrected chi connectivity index (χ2v) is 5.94. The van der Waals surface area contributed by atoms with Crippen LogP contribution in [-0.2, 0) is 4.74 Å². The molecule has 0 saturated carbocycles. The summed E-state index contributed by atoms with van der Waals surface area (Å²) in [6, 6.07) is 3.44. The van der Waals surface area contributed by atoms with Crippen molar-refractivity contribution >= 4 is 34.2 Å². The maximum Gasteiger partial charge on any atom is 0.291 e. The predicted octanol–water partition coefficient (Wildman–Crippen LogP) is 2.36. The smallest absolute Gasteiger partial charge is 0.291 e. The minimum Gasteiger partial charge on any atom is -0.444 e. The molecule has 0 atom stereocenters. The Bertz CT molecular complexity index is 486. The van der Waals surface area contributed by atoms with Gasteiger partial charge in [0.25, 0.3) is 5.91 Å². The van der Waals surface area contributed by atoms with Gasteiger partial charge in [-0.05, 0) is 35.1 Å². The molecule has 20 heavy (non-hydrogen) atoms. The first-order valence-corrected chi connectivity index (χ1v) is 7.30. The van der Waals surface area contributed by atoms with Crippen LogP contribution in [0.5, 0.6) is 0 Å². The highest BCUT2D eigenvalue weighted by Gasteiger charge is 2.47. The lowest BCUT2D eigenvalue weighted by Crippen LogP contribution is -2.54. The summed E-state index contributed by atoms with van der Waals surface area (Å²) in [5.41, 5.74) is -0.428. The molecule has 2 fully saturated rings. The van der Waals surface area contributed by atoms with E-state index in [1.807, 2.05) is 4.90 Å². The van der Waals surface area contributed by atoms with Crippen molar-refractivity contribution in [1.82, 2.24) is 9.80 Å². The fraction of sp³-hybridized carbons (Fsp3) is 0.615. The number of amides is 1. The van der Waals surface area contributed by atoms with E-state index in [4.69, 9.17) is 9.15 Å². The summed E-state index contributed by atoms with van der Waals surface area (Å²) in [7, 11) is 2.09. The molecule has 3 heterocycles. The van der Waals surface area contributed by atoms with Crippen LogP contribution >= 0.6 is 28.3 Å². The Morgan fingerprint density at radius 3 is 2.60 bits per heavy atom. The number of halogens is 2. The van der Waals surface area contributed by atoms with Gasteiger partial charge >= 0.3 is 0 Å². The van der Waals surface area contributed by atoms with Gasteiger partial charge in [-0.2, -0.15) is 0 Å². The molecule has 1 spiro atoms. The maximum absolute atomic E-state index is 12.5. The zero-order chi connectivity index (χ0) is 13.5. The maximum atomic E-state index is 12.5. The second-order valence-electron chi connectivity index (χ2n) is 5.16. The quantitative estimate of drug-likeness (QED) is 0.766. The minimum atomic E-state index is -0.428. The van der Waals surface area contributed by atoms with Gasteiger partial charge in [0.05, 0.1) is 6.61 Å². The standard InChI is InChI=1S/C13H17BrN2O3.ClH/c1-15-6-4-13(5-7-15)16(8-9-18-13)12(17)10-2-3-11(14)19-10;/h2-3H,4-9H2,1H3;1H. The van der Waals surface area contributed by atoms with Gasteiger partial charge in [-0.1, -0.05) is 0 Å². The van der Waals surface area contributed by atoms with Crippen molar-refractivity contribution in [3.8, 4) is 0 Å². The van der Waals surface area contributed by atoms with Crippen LogP contribution in [0.25, 0.3) is 0 Å². The average Bonchev–Trinajstić information content (AvgIpc) is 3.00. The van der Waals surface area contributed by atoms with Crippen LogP contribution in [0.1, 0.15) is 23.4 Å². The molecule has 1 aromatic heterocycles. The van der Waals surface area contributed by atoms with Crippen LogP contribution < -0.4 is 0 Å². The highest BCUT2D eigenvalue weighted by atomic mass is 79.9. The zero-order valence-corrected chi connectivity index (χ0v) is 13.7. The molecule has 5 nitrogen and oxygen atoms in total. The van der Waals surface area contributed by atoms with Crippen molar-refractivity contribution in [3.05, 3.63) is 22.6 Å². The van der Waals surface area contributed by atoms with E-state index in [2.05, 4.69) is 27.9 Å². The minimum absolute atomic E-state index is 0. The van der Waals surface area contributed by atoms with Crippen LogP contribution in [0, 0.1) is 0 Å². The van der Waals surface area contributed by atoms with E-state index in [0.29, 0.717) is 23.6 Å². The number of carbonyl (C=O) groups excluding carboxylic acids is 1. The van der Waals surface area contributed by atoms with Crippen molar-refractivity contribution < 1.29 is 13.9 Å². The molecule has 1 amide bonds. The second kappa shape index (κ2) is 6.05. The number of likely N-dealkylation sites (tertiary alicyclic amines) is 1. The molecular weight excluding hydrogens is 348 g/mol. The predicted molar refractivity (Wildman–Crippen MR) is 80.1 cm³/mol. The van der Waals surface area contributed by atoms with E-state index in [1.54, 1.807) is 12.1 Å². The number of hydrogen-bond donors (Lipinski definition) is 0. The monoisotopic (exact) mass is 364 g/mol. The third-order valence-corrected chi connectivity index (χ3v) is 4.40. The molecule has 0 aromatic carbocycles. The summed E-state index contributed by atoms with van der Waals surface area (Å²) >= 11 is 3.23. The number of ether oxygens (including phenoxy) is 1. The number of nitrogens with zero attached hydrogens (tertiary/aromatic N) is 2. The SMILES string of the molecule is CN1CCC2(CC1)OCCN2C(=O)c1ccc(Br)o1.Cl. The Balaban J connectivity index is 0.00000147. The van der Waals surface area contributed by atoms with Crippen LogP contribution in [0.4, 0.5) is 0 Å². The number of furan rings is 1. The molecule has 2 aliphatic rings. The summed E-state index contributed by atoms with van der Waals surface area (Å²) in [6.45, 7) is 3.15. The first-order chi connectivity index (χ1) is 9.11. The molecule has 0 bridgehead atoms. The molecule has 2 saturated heterocycles. The van der Waals surface area contributed by atoms with E-state index >= 15 is 0 Å². The van der Waals surface area contributed by atoms with Gasteiger partial charge in [-0.3, -0.25) is 4.79 Å². The number of piperidine rings is 1. The first kappa shape index (κ1) is 15.8. The topological polar surface area (TPSA) is 45.9 Å². The highest BCUT2D eigenvalue weighted by Crippen LogP contribution is 2.35. The molecule has 0 aliphatic carbocycles. The largest absolute Gasteiger partial charge is 0.444 e. The fourth-order valence-electron chi connectivity index (χ4n) is 2.84. The average molecular weight is 366 g/mol. The third kappa shape index (κ3) is 2.74. The Kier molecular flexibility index (Phi) is 4.79. The molecule has 7 heteroatoms. The number of rotatable bonds is 1. The van der Waals surface area contributed by atoms with Crippen molar-refractivity contribution in [2.24, 2.45) is 0 Å². The summed E-state index contributed by atoms with van der Waals surface area (Å²) in [6.07, 6.45) is 1.72. The van der Waals surface area contributed by atoms with Crippen molar-refractivity contribution in [2.75, 3.05) is 33.3 Å². The summed E-state index contributed by atoms with van der Waals surface area (Å²) in [5.74, 6) is 0.295. The van der Waals surface area contributed by atoms with Gasteiger partial charge in [-0.15, -0.1) is 12.4 Å². The number of carbonyl (C=O) groups is 1. The Morgan fingerprint density at radius 2 is 2.00 bits per heavy atom. The van der Waals surface area contributed by atoms with Crippen molar-refractivity contribution in [2.45, 2.75) is 18.6 Å². The number of hydrogen-bond acceptors (Lipinski definition) is 4. The lowest BCUT2D eigenvalue weighted by molar-refractivity contribution is -0.103. The molecule has 2 aliphatic heterocycles. The molecule has 0 radical (unpaired) electrons. The van der Waals surface area contributed by atoms with E-state index in [0.717, 1.165) is 25.9 Å². The lowest BCUT2D eigenvalue weighted by atomic mass is 9.99. The van der Waals surface area contributed by atoms with E-state index in [-0.39, 0.29) is 18.3 Å².